The van der Waals surface area contributed by atoms with Crippen LogP contribution in [0.2, 0.25) is 0 Å². The number of piperidine rings is 2. The van der Waals surface area contributed by atoms with Crippen molar-refractivity contribution in [1.82, 2.24) is 13.9 Å². The number of hydrogen-bond acceptors (Lipinski definition) is 4. The molecule has 0 aromatic rings. The molecule has 0 bridgehead atoms. The van der Waals surface area contributed by atoms with E-state index in [1.807, 2.05) is 6.92 Å². The van der Waals surface area contributed by atoms with E-state index in [4.69, 9.17) is 18.0 Å². The third-order valence-corrected chi connectivity index (χ3v) is 6.25. The molecule has 2 aliphatic rings. The summed E-state index contributed by atoms with van der Waals surface area (Å²) in [7, 11) is -3.36. The van der Waals surface area contributed by atoms with Gasteiger partial charge in [0.25, 0.3) is 10.2 Å². The maximum atomic E-state index is 12.5. The minimum atomic E-state index is -3.36. The lowest BCUT2D eigenvalue weighted by molar-refractivity contribution is 0.225. The Labute approximate surface area is 133 Å². The average Bonchev–Trinajstić information content (AvgIpc) is 2.40. The van der Waals surface area contributed by atoms with Gasteiger partial charge in [-0.25, -0.2) is 0 Å². The lowest BCUT2D eigenvalue weighted by atomic mass is 10.1. The molecule has 8 heteroatoms. The Bertz CT molecular complexity index is 461. The minimum Gasteiger partial charge on any atom is -0.392 e. The quantitative estimate of drug-likeness (QED) is 0.714. The van der Waals surface area contributed by atoms with E-state index in [0.717, 1.165) is 45.2 Å². The van der Waals surface area contributed by atoms with Gasteiger partial charge in [-0.2, -0.15) is 17.4 Å². The van der Waals surface area contributed by atoms with Crippen LogP contribution in [0.15, 0.2) is 0 Å². The van der Waals surface area contributed by atoms with E-state index < -0.39 is 10.2 Å². The van der Waals surface area contributed by atoms with Gasteiger partial charge in [0.1, 0.15) is 0 Å². The van der Waals surface area contributed by atoms with Crippen LogP contribution in [0.3, 0.4) is 0 Å². The number of hydrogen-bond donors (Lipinski definition) is 2. The van der Waals surface area contributed by atoms with Gasteiger partial charge in [-0.3, -0.25) is 4.90 Å². The van der Waals surface area contributed by atoms with Crippen molar-refractivity contribution in [3.8, 4) is 0 Å². The summed E-state index contributed by atoms with van der Waals surface area (Å²) in [5, 5.41) is 0. The molecular formula is C13H26N4O2S2. The Morgan fingerprint density at radius 1 is 1.24 bits per heavy atom. The van der Waals surface area contributed by atoms with Gasteiger partial charge in [0.05, 0.1) is 4.99 Å². The summed E-state index contributed by atoms with van der Waals surface area (Å²) in [6, 6.07) is 0.123. The summed E-state index contributed by atoms with van der Waals surface area (Å²) in [5.74, 6) is 0. The maximum absolute atomic E-state index is 12.5. The van der Waals surface area contributed by atoms with Crippen LogP contribution in [-0.2, 0) is 10.2 Å². The normalized spacial score (nSPS) is 26.8. The fourth-order valence-electron chi connectivity index (χ4n) is 3.14. The van der Waals surface area contributed by atoms with Crippen molar-refractivity contribution < 1.29 is 8.42 Å². The van der Waals surface area contributed by atoms with E-state index in [2.05, 4.69) is 9.62 Å². The van der Waals surface area contributed by atoms with E-state index in [1.165, 1.54) is 0 Å². The van der Waals surface area contributed by atoms with Crippen molar-refractivity contribution in [2.75, 3.05) is 26.2 Å². The molecule has 2 fully saturated rings. The van der Waals surface area contributed by atoms with Crippen LogP contribution >= 0.6 is 12.2 Å². The van der Waals surface area contributed by atoms with E-state index in [-0.39, 0.29) is 12.1 Å². The number of nitrogens with zero attached hydrogens (tertiary/aromatic N) is 2. The molecule has 1 unspecified atom stereocenters. The third kappa shape index (κ3) is 4.85. The zero-order chi connectivity index (χ0) is 15.5. The number of rotatable bonds is 5. The van der Waals surface area contributed by atoms with Gasteiger partial charge in [-0.1, -0.05) is 18.6 Å². The fraction of sp³-hybridized carbons (Fsp3) is 0.923. The van der Waals surface area contributed by atoms with Crippen LogP contribution in [0.25, 0.3) is 0 Å². The van der Waals surface area contributed by atoms with Crippen molar-refractivity contribution in [2.24, 2.45) is 5.73 Å². The van der Waals surface area contributed by atoms with Gasteiger partial charge in [-0.05, 0) is 32.6 Å². The van der Waals surface area contributed by atoms with Crippen molar-refractivity contribution in [3.63, 3.8) is 0 Å². The van der Waals surface area contributed by atoms with Gasteiger partial charge in [0.2, 0.25) is 0 Å². The molecule has 122 valence electrons. The van der Waals surface area contributed by atoms with Crippen LogP contribution in [0.1, 0.15) is 39.0 Å². The first-order valence-electron chi connectivity index (χ1n) is 7.68. The molecule has 0 amide bonds. The zero-order valence-electron chi connectivity index (χ0n) is 12.6. The number of thiocarbonyl (C=S) groups is 1. The van der Waals surface area contributed by atoms with E-state index in [9.17, 15) is 8.42 Å². The van der Waals surface area contributed by atoms with Gasteiger partial charge >= 0.3 is 0 Å². The van der Waals surface area contributed by atoms with Crippen LogP contribution in [0.5, 0.6) is 0 Å². The summed E-state index contributed by atoms with van der Waals surface area (Å²) in [5.41, 5.74) is 5.54. The van der Waals surface area contributed by atoms with E-state index in [1.54, 1.807) is 4.31 Å². The first-order chi connectivity index (χ1) is 9.88. The van der Waals surface area contributed by atoms with Crippen molar-refractivity contribution in [2.45, 2.75) is 51.1 Å². The fourth-order valence-corrected chi connectivity index (χ4v) is 5.06. The van der Waals surface area contributed by atoms with Crippen LogP contribution in [-0.4, -0.2) is 60.9 Å². The van der Waals surface area contributed by atoms with Crippen molar-refractivity contribution in [3.05, 3.63) is 0 Å². The van der Waals surface area contributed by atoms with Crippen molar-refractivity contribution >= 4 is 27.4 Å². The molecule has 6 nitrogen and oxygen atoms in total. The summed E-state index contributed by atoms with van der Waals surface area (Å²) in [6.07, 6.45) is 4.64. The smallest absolute Gasteiger partial charge is 0.279 e. The Morgan fingerprint density at radius 2 is 1.90 bits per heavy atom. The van der Waals surface area contributed by atoms with E-state index >= 15 is 0 Å². The number of likely N-dealkylation sites (tertiary alicyclic amines) is 1. The topological polar surface area (TPSA) is 78.7 Å². The number of nitrogens with two attached hydrogens (primary N) is 1. The molecular weight excluding hydrogens is 308 g/mol. The lowest BCUT2D eigenvalue weighted by Crippen LogP contribution is -2.53. The maximum Gasteiger partial charge on any atom is 0.279 e. The second-order valence-corrected chi connectivity index (χ2v) is 8.27. The highest BCUT2D eigenvalue weighted by molar-refractivity contribution is 7.87. The summed E-state index contributed by atoms with van der Waals surface area (Å²) >= 11 is 4.91. The molecule has 3 N–H and O–H groups in total. The molecule has 0 aliphatic carbocycles. The first kappa shape index (κ1) is 17.1. The van der Waals surface area contributed by atoms with Crippen LogP contribution < -0.4 is 10.5 Å². The Morgan fingerprint density at radius 3 is 2.48 bits per heavy atom. The largest absolute Gasteiger partial charge is 0.392 e. The Balaban J connectivity index is 1.85. The Kier molecular flexibility index (Phi) is 5.96. The Hall–Kier alpha value is -0.280. The predicted molar refractivity (Wildman–Crippen MR) is 88.3 cm³/mol. The highest BCUT2D eigenvalue weighted by Crippen LogP contribution is 2.20. The molecule has 0 aromatic heterocycles. The summed E-state index contributed by atoms with van der Waals surface area (Å²) < 4.78 is 29.5. The highest BCUT2D eigenvalue weighted by Gasteiger charge is 2.32. The van der Waals surface area contributed by atoms with E-state index in [0.29, 0.717) is 18.1 Å². The lowest BCUT2D eigenvalue weighted by Gasteiger charge is -2.36. The minimum absolute atomic E-state index is 0.0201. The van der Waals surface area contributed by atoms with Gasteiger partial charge in [0.15, 0.2) is 0 Å². The van der Waals surface area contributed by atoms with Gasteiger partial charge in [-0.15, -0.1) is 0 Å². The van der Waals surface area contributed by atoms with Crippen LogP contribution in [0.4, 0.5) is 0 Å². The highest BCUT2D eigenvalue weighted by atomic mass is 32.2. The third-order valence-electron chi connectivity index (χ3n) is 4.33. The summed E-state index contributed by atoms with van der Waals surface area (Å²) in [6.45, 7) is 4.91. The molecule has 2 saturated heterocycles. The molecule has 2 heterocycles. The molecule has 21 heavy (non-hydrogen) atoms. The van der Waals surface area contributed by atoms with Crippen LogP contribution in [0, 0.1) is 0 Å². The molecule has 1 atom stereocenters. The number of nitrogens with one attached hydrogen (secondary N) is 1. The second kappa shape index (κ2) is 7.32. The van der Waals surface area contributed by atoms with Gasteiger partial charge in [0, 0.05) is 38.3 Å². The first-order valence-corrected chi connectivity index (χ1v) is 9.53. The molecule has 0 spiro atoms. The summed E-state index contributed by atoms with van der Waals surface area (Å²) in [4.78, 5) is 2.67. The van der Waals surface area contributed by atoms with Crippen molar-refractivity contribution in [1.29, 1.82) is 0 Å². The SMILES string of the molecule is CC1CCCCN1S(=O)(=O)NC1CCN(CC(N)=S)CC1. The van der Waals surface area contributed by atoms with Gasteiger partial charge < -0.3 is 5.73 Å². The molecule has 2 rings (SSSR count). The monoisotopic (exact) mass is 334 g/mol. The second-order valence-electron chi connectivity index (χ2n) is 6.10. The standard InChI is InChI=1S/C13H26N4O2S2/c1-11-4-2-3-7-17(11)21(18,19)15-12-5-8-16(9-6-12)10-13(14)20/h11-12,15H,2-10H2,1H3,(H2,14,20). The molecule has 0 aromatic carbocycles. The average molecular weight is 335 g/mol. The molecule has 0 saturated carbocycles. The zero-order valence-corrected chi connectivity index (χ0v) is 14.3. The predicted octanol–water partition coefficient (Wildman–Crippen LogP) is 0.446. The molecule has 2 aliphatic heterocycles. The molecule has 0 radical (unpaired) electrons.